The lowest BCUT2D eigenvalue weighted by atomic mass is 10.0. The Morgan fingerprint density at radius 3 is 1.80 bits per heavy atom. The number of nitrogens with zero attached hydrogens (tertiary/aromatic N) is 1. The Morgan fingerprint density at radius 2 is 1.37 bits per heavy atom. The van der Waals surface area contributed by atoms with Crippen LogP contribution in [0.25, 0.3) is 0 Å². The summed E-state index contributed by atoms with van der Waals surface area (Å²) in [6, 6.07) is 0. The Kier molecular flexibility index (Phi) is 20.4. The molecular formula is C26H51NO3. The molecule has 1 fully saturated rings. The van der Waals surface area contributed by atoms with Crippen LogP contribution in [0.15, 0.2) is 0 Å². The highest BCUT2D eigenvalue weighted by Crippen LogP contribution is 2.15. The summed E-state index contributed by atoms with van der Waals surface area (Å²) in [7, 11) is 0. The van der Waals surface area contributed by atoms with E-state index in [-0.39, 0.29) is 18.0 Å². The third kappa shape index (κ3) is 15.7. The summed E-state index contributed by atoms with van der Waals surface area (Å²) < 4.78 is 5.58. The zero-order valence-electron chi connectivity index (χ0n) is 20.7. The van der Waals surface area contributed by atoms with Gasteiger partial charge in [-0.25, -0.2) is 0 Å². The molecule has 1 saturated heterocycles. The predicted molar refractivity (Wildman–Crippen MR) is 128 cm³/mol. The van der Waals surface area contributed by atoms with Crippen LogP contribution in [0.4, 0.5) is 0 Å². The van der Waals surface area contributed by atoms with Crippen molar-refractivity contribution in [1.29, 1.82) is 0 Å². The van der Waals surface area contributed by atoms with Crippen molar-refractivity contribution in [1.82, 2.24) is 4.90 Å². The van der Waals surface area contributed by atoms with Crippen LogP contribution in [0.1, 0.15) is 137 Å². The molecule has 1 aliphatic heterocycles. The highest BCUT2D eigenvalue weighted by Gasteiger charge is 2.24. The predicted octanol–water partition coefficient (Wildman–Crippen LogP) is 7.44. The minimum absolute atomic E-state index is 0.0958. The van der Waals surface area contributed by atoms with E-state index in [0.717, 1.165) is 32.2 Å². The van der Waals surface area contributed by atoms with E-state index in [1.54, 1.807) is 0 Å². The summed E-state index contributed by atoms with van der Waals surface area (Å²) in [5, 5.41) is 0. The van der Waals surface area contributed by atoms with Gasteiger partial charge in [-0.2, -0.15) is 0 Å². The Morgan fingerprint density at radius 1 is 0.867 bits per heavy atom. The van der Waals surface area contributed by atoms with Gasteiger partial charge >= 0.3 is 5.97 Å². The maximum Gasteiger partial charge on any atom is 0.306 e. The van der Waals surface area contributed by atoms with Crippen LogP contribution in [0, 0.1) is 0 Å². The molecule has 0 spiro atoms. The van der Waals surface area contributed by atoms with Gasteiger partial charge in [0.05, 0.1) is 6.54 Å². The molecule has 0 bridgehead atoms. The SMILES string of the molecule is CC.CCCCCCCCCCCCCCCC(=O)OC(CC)CN1CCCC1=O. The molecule has 30 heavy (non-hydrogen) atoms. The molecule has 0 aromatic carbocycles. The first-order valence-electron chi connectivity index (χ1n) is 13.1. The van der Waals surface area contributed by atoms with Gasteiger partial charge < -0.3 is 9.64 Å². The topological polar surface area (TPSA) is 46.6 Å². The third-order valence-electron chi connectivity index (χ3n) is 5.83. The zero-order valence-corrected chi connectivity index (χ0v) is 20.7. The van der Waals surface area contributed by atoms with Gasteiger partial charge in [0.25, 0.3) is 0 Å². The minimum atomic E-state index is -0.142. The summed E-state index contributed by atoms with van der Waals surface area (Å²) in [4.78, 5) is 25.6. The molecule has 0 saturated carbocycles. The van der Waals surface area contributed by atoms with Crippen molar-refractivity contribution in [2.75, 3.05) is 13.1 Å². The number of esters is 1. The van der Waals surface area contributed by atoms with E-state index < -0.39 is 0 Å². The fourth-order valence-corrected chi connectivity index (χ4v) is 3.92. The summed E-state index contributed by atoms with van der Waals surface area (Å²) in [5.74, 6) is 0.104. The molecule has 0 aromatic heterocycles. The Bertz CT molecular complexity index is 411. The molecule has 4 nitrogen and oxygen atoms in total. The van der Waals surface area contributed by atoms with Gasteiger partial charge in [-0.3, -0.25) is 9.59 Å². The number of amides is 1. The number of hydrogen-bond acceptors (Lipinski definition) is 3. The van der Waals surface area contributed by atoms with Crippen molar-refractivity contribution in [2.45, 2.75) is 143 Å². The molecule has 0 radical (unpaired) electrons. The van der Waals surface area contributed by atoms with Crippen LogP contribution in [0.5, 0.6) is 0 Å². The third-order valence-corrected chi connectivity index (χ3v) is 5.83. The summed E-state index contributed by atoms with van der Waals surface area (Å²) in [6.07, 6.45) is 19.7. The van der Waals surface area contributed by atoms with Gasteiger partial charge in [0.2, 0.25) is 5.91 Å². The quantitative estimate of drug-likeness (QED) is 0.169. The molecule has 1 amide bonds. The number of carbonyl (C=O) groups is 2. The van der Waals surface area contributed by atoms with Crippen molar-refractivity contribution in [3.8, 4) is 0 Å². The van der Waals surface area contributed by atoms with Gasteiger partial charge in [0.15, 0.2) is 0 Å². The van der Waals surface area contributed by atoms with Crippen molar-refractivity contribution in [3.05, 3.63) is 0 Å². The second kappa shape index (κ2) is 21.2. The Labute approximate surface area is 187 Å². The van der Waals surface area contributed by atoms with Crippen LogP contribution >= 0.6 is 0 Å². The van der Waals surface area contributed by atoms with E-state index >= 15 is 0 Å². The number of carbonyl (C=O) groups excluding carboxylic acids is 2. The molecule has 0 aliphatic carbocycles. The smallest absolute Gasteiger partial charge is 0.306 e. The average Bonchev–Trinajstić information content (AvgIpc) is 3.16. The van der Waals surface area contributed by atoms with E-state index in [2.05, 4.69) is 6.92 Å². The fourth-order valence-electron chi connectivity index (χ4n) is 3.92. The lowest BCUT2D eigenvalue weighted by Crippen LogP contribution is -2.35. The number of likely N-dealkylation sites (tertiary alicyclic amines) is 1. The van der Waals surface area contributed by atoms with Crippen molar-refractivity contribution in [2.24, 2.45) is 0 Å². The van der Waals surface area contributed by atoms with Gasteiger partial charge in [-0.15, -0.1) is 0 Å². The summed E-state index contributed by atoms with van der Waals surface area (Å²) in [5.41, 5.74) is 0. The molecule has 1 heterocycles. The zero-order chi connectivity index (χ0) is 22.5. The maximum atomic E-state index is 12.0. The molecule has 0 N–H and O–H groups in total. The van der Waals surface area contributed by atoms with Crippen molar-refractivity contribution >= 4 is 11.9 Å². The highest BCUT2D eigenvalue weighted by molar-refractivity contribution is 5.78. The molecule has 1 aliphatic rings. The first kappa shape index (κ1) is 28.9. The Balaban J connectivity index is 0.00000407. The van der Waals surface area contributed by atoms with Crippen LogP contribution in [-0.4, -0.2) is 36.0 Å². The second-order valence-corrected chi connectivity index (χ2v) is 8.46. The summed E-state index contributed by atoms with van der Waals surface area (Å²) >= 11 is 0. The summed E-state index contributed by atoms with van der Waals surface area (Å²) in [6.45, 7) is 9.67. The van der Waals surface area contributed by atoms with E-state index in [4.69, 9.17) is 4.74 Å². The first-order valence-corrected chi connectivity index (χ1v) is 13.1. The van der Waals surface area contributed by atoms with Crippen LogP contribution in [-0.2, 0) is 14.3 Å². The van der Waals surface area contributed by atoms with Gasteiger partial charge in [-0.05, 0) is 19.3 Å². The van der Waals surface area contributed by atoms with Crippen molar-refractivity contribution < 1.29 is 14.3 Å². The van der Waals surface area contributed by atoms with E-state index in [9.17, 15) is 9.59 Å². The number of rotatable bonds is 18. The number of hydrogen-bond donors (Lipinski definition) is 0. The number of unbranched alkanes of at least 4 members (excludes halogenated alkanes) is 12. The Hall–Kier alpha value is -1.06. The maximum absolute atomic E-state index is 12.0. The van der Waals surface area contributed by atoms with E-state index in [1.165, 1.54) is 70.6 Å². The standard InChI is InChI=1S/C24H45NO3.C2H6/c1-3-5-6-7-8-9-10-11-12-13-14-15-16-19-24(27)28-22(4-2)21-25-20-17-18-23(25)26;1-2/h22H,3-21H2,1-2H3;1-2H3. The largest absolute Gasteiger partial charge is 0.460 e. The monoisotopic (exact) mass is 425 g/mol. The molecule has 1 atom stereocenters. The molecule has 0 aromatic rings. The number of ether oxygens (including phenoxy) is 1. The van der Waals surface area contributed by atoms with Crippen LogP contribution in [0.3, 0.4) is 0 Å². The molecule has 1 unspecified atom stereocenters. The lowest BCUT2D eigenvalue weighted by Gasteiger charge is -2.23. The molecule has 4 heteroatoms. The van der Waals surface area contributed by atoms with Crippen LogP contribution in [0.2, 0.25) is 0 Å². The first-order chi connectivity index (χ1) is 14.7. The minimum Gasteiger partial charge on any atom is -0.460 e. The fraction of sp³-hybridized carbons (Fsp3) is 0.923. The molecule has 1 rings (SSSR count). The average molecular weight is 426 g/mol. The van der Waals surface area contributed by atoms with Gasteiger partial charge in [-0.1, -0.05) is 105 Å². The second-order valence-electron chi connectivity index (χ2n) is 8.46. The van der Waals surface area contributed by atoms with Crippen LogP contribution < -0.4 is 0 Å². The lowest BCUT2D eigenvalue weighted by molar-refractivity contribution is -0.151. The van der Waals surface area contributed by atoms with Gasteiger partial charge in [0.1, 0.15) is 6.10 Å². The molecular weight excluding hydrogens is 374 g/mol. The van der Waals surface area contributed by atoms with Crippen molar-refractivity contribution in [3.63, 3.8) is 0 Å². The van der Waals surface area contributed by atoms with E-state index in [0.29, 0.717) is 19.4 Å². The van der Waals surface area contributed by atoms with E-state index in [1.807, 2.05) is 25.7 Å². The highest BCUT2D eigenvalue weighted by atomic mass is 16.5. The van der Waals surface area contributed by atoms with Gasteiger partial charge in [0, 0.05) is 19.4 Å². The normalized spacial score (nSPS) is 14.4. The molecule has 178 valence electrons.